The fraction of sp³-hybridized carbons (Fsp3) is 0.522. The van der Waals surface area contributed by atoms with Crippen molar-refractivity contribution in [3.63, 3.8) is 0 Å². The van der Waals surface area contributed by atoms with E-state index in [1.165, 1.54) is 18.4 Å². The number of hydrogen-bond acceptors (Lipinski definition) is 6. The van der Waals surface area contributed by atoms with Crippen molar-refractivity contribution in [1.29, 1.82) is 0 Å². The van der Waals surface area contributed by atoms with Crippen molar-refractivity contribution in [2.24, 2.45) is 5.92 Å². The van der Waals surface area contributed by atoms with Gasteiger partial charge in [0.25, 0.3) is 5.91 Å². The summed E-state index contributed by atoms with van der Waals surface area (Å²) in [5.41, 5.74) is 1.17. The van der Waals surface area contributed by atoms with E-state index in [2.05, 4.69) is 39.1 Å². The molecule has 0 bridgehead atoms. The van der Waals surface area contributed by atoms with Gasteiger partial charge in [0.1, 0.15) is 5.75 Å². The maximum Gasteiger partial charge on any atom is 0.260 e. The van der Waals surface area contributed by atoms with Gasteiger partial charge in [0.15, 0.2) is 18.2 Å². The predicted octanol–water partition coefficient (Wildman–Crippen LogP) is 2.75. The van der Waals surface area contributed by atoms with Crippen LogP contribution in [0.4, 0.5) is 11.6 Å². The van der Waals surface area contributed by atoms with Gasteiger partial charge in [0.05, 0.1) is 0 Å². The number of aromatic nitrogens is 2. The molecule has 30 heavy (non-hydrogen) atoms. The fourth-order valence-electron chi connectivity index (χ4n) is 3.95. The molecule has 1 amide bonds. The van der Waals surface area contributed by atoms with Gasteiger partial charge in [-0.3, -0.25) is 4.79 Å². The largest absolute Gasteiger partial charge is 0.484 e. The number of aryl methyl sites for hydroxylation is 1. The number of anilines is 2. The second-order valence-corrected chi connectivity index (χ2v) is 8.39. The molecule has 0 saturated carbocycles. The number of amides is 1. The number of carbonyl (C=O) groups excluding carboxylic acids is 1. The number of benzene rings is 1. The molecule has 3 heterocycles. The third-order valence-electron chi connectivity index (χ3n) is 6.08. The Bertz CT molecular complexity index is 824. The molecular formula is C23H31N5O2. The number of hydrogen-bond donors (Lipinski definition) is 0. The van der Waals surface area contributed by atoms with Crippen molar-refractivity contribution in [3.05, 3.63) is 42.0 Å². The highest BCUT2D eigenvalue weighted by molar-refractivity contribution is 5.78. The van der Waals surface area contributed by atoms with Crippen LogP contribution in [-0.4, -0.2) is 66.9 Å². The van der Waals surface area contributed by atoms with Crippen LogP contribution in [0, 0.1) is 12.8 Å². The molecule has 1 aromatic carbocycles. The zero-order chi connectivity index (χ0) is 20.9. The van der Waals surface area contributed by atoms with Crippen LogP contribution in [0.25, 0.3) is 0 Å². The van der Waals surface area contributed by atoms with Crippen molar-refractivity contribution in [1.82, 2.24) is 15.1 Å². The van der Waals surface area contributed by atoms with E-state index < -0.39 is 0 Å². The first-order valence-electron chi connectivity index (χ1n) is 10.9. The summed E-state index contributed by atoms with van der Waals surface area (Å²) < 4.78 is 5.63. The Hall–Kier alpha value is -2.83. The second kappa shape index (κ2) is 9.32. The van der Waals surface area contributed by atoms with Crippen molar-refractivity contribution in [3.8, 4) is 5.75 Å². The Kier molecular flexibility index (Phi) is 6.35. The molecule has 0 radical (unpaired) electrons. The Morgan fingerprint density at radius 1 is 0.900 bits per heavy atom. The monoisotopic (exact) mass is 409 g/mol. The molecule has 2 fully saturated rings. The molecule has 0 N–H and O–H groups in total. The van der Waals surface area contributed by atoms with Crippen LogP contribution < -0.4 is 14.5 Å². The summed E-state index contributed by atoms with van der Waals surface area (Å²) in [5.74, 6) is 3.40. The van der Waals surface area contributed by atoms with Crippen LogP contribution >= 0.6 is 0 Å². The van der Waals surface area contributed by atoms with E-state index in [1.807, 2.05) is 36.1 Å². The van der Waals surface area contributed by atoms with Crippen LogP contribution in [0.1, 0.15) is 25.3 Å². The quantitative estimate of drug-likeness (QED) is 0.757. The lowest BCUT2D eigenvalue weighted by molar-refractivity contribution is -0.133. The summed E-state index contributed by atoms with van der Waals surface area (Å²) in [6.07, 6.45) is 2.43. The molecular weight excluding hydrogens is 378 g/mol. The number of rotatable bonds is 5. The zero-order valence-corrected chi connectivity index (χ0v) is 18.0. The number of carbonyl (C=O) groups is 1. The van der Waals surface area contributed by atoms with Crippen LogP contribution in [0.5, 0.6) is 5.75 Å². The molecule has 2 aliphatic heterocycles. The predicted molar refractivity (Wildman–Crippen MR) is 118 cm³/mol. The van der Waals surface area contributed by atoms with Gasteiger partial charge in [-0.2, -0.15) is 0 Å². The van der Waals surface area contributed by atoms with Gasteiger partial charge in [-0.05, 0) is 49.9 Å². The maximum absolute atomic E-state index is 12.5. The minimum atomic E-state index is 0.0241. The van der Waals surface area contributed by atoms with E-state index in [1.54, 1.807) is 0 Å². The highest BCUT2D eigenvalue weighted by Gasteiger charge is 2.23. The van der Waals surface area contributed by atoms with E-state index in [0.717, 1.165) is 49.5 Å². The van der Waals surface area contributed by atoms with Gasteiger partial charge < -0.3 is 19.4 Å². The lowest BCUT2D eigenvalue weighted by Crippen LogP contribution is -2.50. The van der Waals surface area contributed by atoms with Crippen molar-refractivity contribution < 1.29 is 9.53 Å². The third-order valence-corrected chi connectivity index (χ3v) is 6.08. The second-order valence-electron chi connectivity index (χ2n) is 8.39. The maximum atomic E-state index is 12.5. The van der Waals surface area contributed by atoms with E-state index in [0.29, 0.717) is 13.1 Å². The summed E-state index contributed by atoms with van der Waals surface area (Å²) in [6, 6.07) is 11.9. The molecule has 0 aliphatic carbocycles. The topological polar surface area (TPSA) is 61.8 Å². The molecule has 0 atom stereocenters. The first-order valence-corrected chi connectivity index (χ1v) is 10.9. The van der Waals surface area contributed by atoms with Gasteiger partial charge in [-0.15, -0.1) is 10.2 Å². The highest BCUT2D eigenvalue weighted by atomic mass is 16.5. The van der Waals surface area contributed by atoms with E-state index >= 15 is 0 Å². The van der Waals surface area contributed by atoms with Gasteiger partial charge >= 0.3 is 0 Å². The molecule has 2 aromatic rings. The number of piperazine rings is 1. The van der Waals surface area contributed by atoms with Crippen LogP contribution in [0.3, 0.4) is 0 Å². The molecule has 7 nitrogen and oxygen atoms in total. The van der Waals surface area contributed by atoms with Gasteiger partial charge in [0, 0.05) is 39.3 Å². The average molecular weight is 410 g/mol. The lowest BCUT2D eigenvalue weighted by Gasteiger charge is -2.35. The van der Waals surface area contributed by atoms with Crippen LogP contribution in [0.15, 0.2) is 36.4 Å². The lowest BCUT2D eigenvalue weighted by atomic mass is 9.99. The van der Waals surface area contributed by atoms with Crippen LogP contribution in [-0.2, 0) is 4.79 Å². The first kappa shape index (κ1) is 20.4. The smallest absolute Gasteiger partial charge is 0.260 e. The van der Waals surface area contributed by atoms with E-state index in [4.69, 9.17) is 4.74 Å². The average Bonchev–Trinajstić information content (AvgIpc) is 2.79. The Balaban J connectivity index is 1.24. The van der Waals surface area contributed by atoms with Crippen LogP contribution in [0.2, 0.25) is 0 Å². The summed E-state index contributed by atoms with van der Waals surface area (Å²) in [5, 5.41) is 8.92. The highest BCUT2D eigenvalue weighted by Crippen LogP contribution is 2.22. The van der Waals surface area contributed by atoms with Crippen molar-refractivity contribution in [2.45, 2.75) is 26.7 Å². The summed E-state index contributed by atoms with van der Waals surface area (Å²) in [4.78, 5) is 18.9. The molecule has 1 aromatic heterocycles. The molecule has 2 aliphatic rings. The molecule has 0 spiro atoms. The SMILES string of the molecule is Cc1ccc(OCC(=O)N2CCN(c3ccc(N4CCC(C)CC4)nn3)CC2)cc1. The third kappa shape index (κ3) is 5.01. The summed E-state index contributed by atoms with van der Waals surface area (Å²) in [6.45, 7) is 9.38. The zero-order valence-electron chi connectivity index (χ0n) is 18.0. The Labute approximate surface area is 178 Å². The summed E-state index contributed by atoms with van der Waals surface area (Å²) in [7, 11) is 0. The van der Waals surface area contributed by atoms with E-state index in [-0.39, 0.29) is 12.5 Å². The minimum absolute atomic E-state index is 0.0241. The van der Waals surface area contributed by atoms with Crippen molar-refractivity contribution >= 4 is 17.5 Å². The molecule has 2 saturated heterocycles. The molecule has 0 unspecified atom stereocenters. The van der Waals surface area contributed by atoms with Crippen molar-refractivity contribution in [2.75, 3.05) is 55.7 Å². The number of nitrogens with zero attached hydrogens (tertiary/aromatic N) is 5. The van der Waals surface area contributed by atoms with E-state index in [9.17, 15) is 4.79 Å². The van der Waals surface area contributed by atoms with Gasteiger partial charge in [0.2, 0.25) is 0 Å². The molecule has 160 valence electrons. The normalized spacial score (nSPS) is 17.9. The Morgan fingerprint density at radius 3 is 2.03 bits per heavy atom. The fourth-order valence-corrected chi connectivity index (χ4v) is 3.95. The number of piperidine rings is 1. The first-order chi connectivity index (χ1) is 14.6. The standard InChI is InChI=1S/C23H31N5O2/c1-18-3-5-20(6-4-18)30-17-23(29)28-15-13-27(14-16-28)22-8-7-21(24-25-22)26-11-9-19(2)10-12-26/h3-8,19H,9-17H2,1-2H3. The van der Waals surface area contributed by atoms with Gasteiger partial charge in [-0.25, -0.2) is 0 Å². The summed E-state index contributed by atoms with van der Waals surface area (Å²) >= 11 is 0. The number of ether oxygens (including phenoxy) is 1. The molecule has 4 rings (SSSR count). The minimum Gasteiger partial charge on any atom is -0.484 e. The molecule has 7 heteroatoms. The van der Waals surface area contributed by atoms with Gasteiger partial charge in [-0.1, -0.05) is 24.6 Å². The Morgan fingerprint density at radius 2 is 1.47 bits per heavy atom.